The van der Waals surface area contributed by atoms with Crippen LogP contribution in [-0.4, -0.2) is 6.61 Å². The number of alkyl halides is 2. The predicted molar refractivity (Wildman–Crippen MR) is 76.5 cm³/mol. The van der Waals surface area contributed by atoms with Crippen molar-refractivity contribution in [2.24, 2.45) is 0 Å². The summed E-state index contributed by atoms with van der Waals surface area (Å²) in [7, 11) is 0. The largest absolute Gasteiger partial charge is 0.434 e. The Hall–Kier alpha value is -1.88. The van der Waals surface area contributed by atoms with Gasteiger partial charge in [0.25, 0.3) is 0 Å². The van der Waals surface area contributed by atoms with Gasteiger partial charge < -0.3 is 10.1 Å². The van der Waals surface area contributed by atoms with Gasteiger partial charge in [-0.25, -0.2) is 4.39 Å². The molecular formula is C15H13ClF3NO. The zero-order chi connectivity index (χ0) is 15.4. The quantitative estimate of drug-likeness (QED) is 0.838. The van der Waals surface area contributed by atoms with Crippen molar-refractivity contribution in [2.45, 2.75) is 20.1 Å². The van der Waals surface area contributed by atoms with E-state index in [0.29, 0.717) is 21.8 Å². The van der Waals surface area contributed by atoms with Gasteiger partial charge in [0.1, 0.15) is 11.6 Å². The van der Waals surface area contributed by atoms with Crippen LogP contribution in [0.4, 0.5) is 18.9 Å². The molecule has 112 valence electrons. The molecule has 2 aromatic carbocycles. The Balaban J connectivity index is 2.16. The van der Waals surface area contributed by atoms with Gasteiger partial charge in [-0.15, -0.1) is 0 Å². The first-order chi connectivity index (χ1) is 9.95. The maximum Gasteiger partial charge on any atom is 0.387 e. The van der Waals surface area contributed by atoms with E-state index < -0.39 is 6.61 Å². The number of nitrogens with one attached hydrogen (secondary N) is 1. The molecule has 6 heteroatoms. The summed E-state index contributed by atoms with van der Waals surface area (Å²) in [6.45, 7) is -0.924. The van der Waals surface area contributed by atoms with E-state index >= 15 is 0 Å². The Morgan fingerprint density at radius 2 is 1.95 bits per heavy atom. The summed E-state index contributed by atoms with van der Waals surface area (Å²) in [5.74, 6) is -0.274. The Labute approximate surface area is 125 Å². The minimum absolute atomic E-state index is 0.0571. The van der Waals surface area contributed by atoms with Crippen molar-refractivity contribution in [3.63, 3.8) is 0 Å². The zero-order valence-corrected chi connectivity index (χ0v) is 11.9. The molecular weight excluding hydrogens is 303 g/mol. The first kappa shape index (κ1) is 15.5. The highest BCUT2D eigenvalue weighted by molar-refractivity contribution is 6.30. The highest BCUT2D eigenvalue weighted by Crippen LogP contribution is 2.26. The highest BCUT2D eigenvalue weighted by atomic mass is 35.5. The molecule has 2 rings (SSSR count). The molecule has 0 amide bonds. The lowest BCUT2D eigenvalue weighted by atomic mass is 10.1. The van der Waals surface area contributed by atoms with E-state index in [1.807, 2.05) is 0 Å². The second-order valence-electron chi connectivity index (χ2n) is 4.44. The van der Waals surface area contributed by atoms with E-state index in [4.69, 9.17) is 11.6 Å². The molecule has 0 bridgehead atoms. The predicted octanol–water partition coefficient (Wildman–Crippen LogP) is 5.00. The molecule has 0 aliphatic rings. The van der Waals surface area contributed by atoms with Gasteiger partial charge in [0.2, 0.25) is 0 Å². The van der Waals surface area contributed by atoms with Crippen molar-refractivity contribution in [2.75, 3.05) is 5.32 Å². The monoisotopic (exact) mass is 315 g/mol. The van der Waals surface area contributed by atoms with Crippen LogP contribution >= 0.6 is 11.6 Å². The molecule has 21 heavy (non-hydrogen) atoms. The van der Waals surface area contributed by atoms with Gasteiger partial charge in [0.05, 0.1) is 0 Å². The fourth-order valence-electron chi connectivity index (χ4n) is 1.91. The zero-order valence-electron chi connectivity index (χ0n) is 11.2. The molecule has 0 saturated carbocycles. The molecule has 0 spiro atoms. The molecule has 2 aromatic rings. The standard InChI is InChI=1S/C15H13ClF3NO/c1-9-6-12(17)3-4-13(9)20-8-10-7-11(16)2-5-14(10)21-15(18)19/h2-7,15,20H,8H2,1H3. The van der Waals surface area contributed by atoms with Crippen molar-refractivity contribution in [3.8, 4) is 5.75 Å². The summed E-state index contributed by atoms with van der Waals surface area (Å²) < 4.78 is 42.2. The van der Waals surface area contributed by atoms with Gasteiger partial charge in [-0.3, -0.25) is 0 Å². The van der Waals surface area contributed by atoms with Crippen molar-refractivity contribution < 1.29 is 17.9 Å². The molecule has 0 unspecified atom stereocenters. The minimum Gasteiger partial charge on any atom is -0.434 e. The van der Waals surface area contributed by atoms with Crippen molar-refractivity contribution >= 4 is 17.3 Å². The number of halogens is 4. The van der Waals surface area contributed by atoms with Crippen LogP contribution < -0.4 is 10.1 Å². The van der Waals surface area contributed by atoms with Crippen molar-refractivity contribution in [3.05, 3.63) is 58.4 Å². The van der Waals surface area contributed by atoms with E-state index in [-0.39, 0.29) is 18.1 Å². The van der Waals surface area contributed by atoms with Crippen LogP contribution in [0.15, 0.2) is 36.4 Å². The lowest BCUT2D eigenvalue weighted by Gasteiger charge is -2.14. The average Bonchev–Trinajstić information content (AvgIpc) is 2.40. The molecule has 0 heterocycles. The van der Waals surface area contributed by atoms with Crippen molar-refractivity contribution in [1.29, 1.82) is 0 Å². The van der Waals surface area contributed by atoms with Crippen LogP contribution in [0.3, 0.4) is 0 Å². The van der Waals surface area contributed by atoms with Gasteiger partial charge in [-0.2, -0.15) is 8.78 Å². The number of anilines is 1. The number of hydrogen-bond acceptors (Lipinski definition) is 2. The SMILES string of the molecule is Cc1cc(F)ccc1NCc1cc(Cl)ccc1OC(F)F. The van der Waals surface area contributed by atoms with E-state index in [0.717, 1.165) is 0 Å². The molecule has 0 aliphatic heterocycles. The van der Waals surface area contributed by atoms with Crippen molar-refractivity contribution in [1.82, 2.24) is 0 Å². The van der Waals surface area contributed by atoms with Crippen LogP contribution in [0.25, 0.3) is 0 Å². The normalized spacial score (nSPS) is 10.8. The Bertz CT molecular complexity index is 634. The Morgan fingerprint density at radius 1 is 1.19 bits per heavy atom. The molecule has 1 N–H and O–H groups in total. The second-order valence-corrected chi connectivity index (χ2v) is 4.88. The number of aryl methyl sites for hydroxylation is 1. The van der Waals surface area contributed by atoms with E-state index in [9.17, 15) is 13.2 Å². The maximum atomic E-state index is 13.0. The summed E-state index contributed by atoms with van der Waals surface area (Å²) >= 11 is 5.87. The summed E-state index contributed by atoms with van der Waals surface area (Å²) in [6, 6.07) is 8.71. The van der Waals surface area contributed by atoms with Crippen LogP contribution in [0.2, 0.25) is 5.02 Å². The van der Waals surface area contributed by atoms with Crippen LogP contribution in [-0.2, 0) is 6.54 Å². The molecule has 0 saturated heterocycles. The van der Waals surface area contributed by atoms with E-state index in [1.165, 1.54) is 24.3 Å². The number of hydrogen-bond donors (Lipinski definition) is 1. The molecule has 0 radical (unpaired) electrons. The summed E-state index contributed by atoms with van der Waals surface area (Å²) in [6.07, 6.45) is 0. The third-order valence-electron chi connectivity index (χ3n) is 2.90. The molecule has 0 aromatic heterocycles. The third kappa shape index (κ3) is 4.29. The van der Waals surface area contributed by atoms with Crippen LogP contribution in [0.5, 0.6) is 5.75 Å². The van der Waals surface area contributed by atoms with Gasteiger partial charge in [0, 0.05) is 22.8 Å². The van der Waals surface area contributed by atoms with E-state index in [2.05, 4.69) is 10.1 Å². The van der Waals surface area contributed by atoms with E-state index in [1.54, 1.807) is 19.1 Å². The number of ether oxygens (including phenoxy) is 1. The average molecular weight is 316 g/mol. The molecule has 0 fully saturated rings. The lowest BCUT2D eigenvalue weighted by Crippen LogP contribution is -2.07. The first-order valence-electron chi connectivity index (χ1n) is 6.19. The topological polar surface area (TPSA) is 21.3 Å². The smallest absolute Gasteiger partial charge is 0.387 e. The summed E-state index contributed by atoms with van der Waals surface area (Å²) in [5.41, 5.74) is 1.92. The highest BCUT2D eigenvalue weighted by Gasteiger charge is 2.10. The van der Waals surface area contributed by atoms with Gasteiger partial charge in [-0.1, -0.05) is 11.6 Å². The summed E-state index contributed by atoms with van der Waals surface area (Å²) in [4.78, 5) is 0. The maximum absolute atomic E-state index is 13.0. The van der Waals surface area contributed by atoms with Gasteiger partial charge >= 0.3 is 6.61 Å². The number of rotatable bonds is 5. The fraction of sp³-hybridized carbons (Fsp3) is 0.200. The first-order valence-corrected chi connectivity index (χ1v) is 6.57. The van der Waals surface area contributed by atoms with Crippen LogP contribution in [0.1, 0.15) is 11.1 Å². The Kier molecular flexibility index (Phi) is 4.96. The molecule has 0 atom stereocenters. The Morgan fingerprint density at radius 3 is 2.62 bits per heavy atom. The molecule has 0 aliphatic carbocycles. The van der Waals surface area contributed by atoms with Crippen LogP contribution in [0, 0.1) is 12.7 Å². The third-order valence-corrected chi connectivity index (χ3v) is 3.13. The fourth-order valence-corrected chi connectivity index (χ4v) is 2.11. The van der Waals surface area contributed by atoms with Gasteiger partial charge in [-0.05, 0) is 48.9 Å². The van der Waals surface area contributed by atoms with Gasteiger partial charge in [0.15, 0.2) is 0 Å². The lowest BCUT2D eigenvalue weighted by molar-refractivity contribution is -0.0504. The molecule has 2 nitrogen and oxygen atoms in total. The number of benzene rings is 2. The summed E-state index contributed by atoms with van der Waals surface area (Å²) in [5, 5.41) is 3.47. The minimum atomic E-state index is -2.91. The second kappa shape index (κ2) is 6.72.